The molecule has 0 bridgehead atoms. The highest BCUT2D eigenvalue weighted by molar-refractivity contribution is 5.92. The van der Waals surface area contributed by atoms with Crippen molar-refractivity contribution in [1.82, 2.24) is 5.32 Å². The Morgan fingerprint density at radius 1 is 1.17 bits per heavy atom. The molecule has 0 heterocycles. The fraction of sp³-hybridized carbons (Fsp3) is 0.188. The summed E-state index contributed by atoms with van der Waals surface area (Å²) < 4.78 is 0. The maximum absolute atomic E-state index is 10.8. The van der Waals surface area contributed by atoms with E-state index in [1.165, 1.54) is 28.8 Å². The van der Waals surface area contributed by atoms with Gasteiger partial charge in [-0.05, 0) is 28.8 Å². The van der Waals surface area contributed by atoms with E-state index >= 15 is 0 Å². The molecule has 0 saturated carbocycles. The van der Waals surface area contributed by atoms with Gasteiger partial charge in [0.15, 0.2) is 0 Å². The first-order valence-corrected chi connectivity index (χ1v) is 6.08. The molecule has 2 aromatic carbocycles. The zero-order valence-corrected chi connectivity index (χ0v) is 10.7. The second-order valence-corrected chi connectivity index (χ2v) is 4.36. The zero-order chi connectivity index (χ0) is 13.0. The fourth-order valence-electron chi connectivity index (χ4n) is 2.01. The lowest BCUT2D eigenvalue weighted by Crippen LogP contribution is -2.19. The van der Waals surface area contributed by atoms with Gasteiger partial charge in [-0.1, -0.05) is 48.6 Å². The molecule has 1 N–H and O–H groups in total. The van der Waals surface area contributed by atoms with Gasteiger partial charge in [-0.25, -0.2) is 0 Å². The average molecular weight is 239 g/mol. The predicted octanol–water partition coefficient (Wildman–Crippen LogP) is 3.30. The van der Waals surface area contributed by atoms with Crippen molar-refractivity contribution in [3.63, 3.8) is 0 Å². The van der Waals surface area contributed by atoms with Crippen LogP contribution in [0.1, 0.15) is 18.1 Å². The van der Waals surface area contributed by atoms with E-state index in [9.17, 15) is 4.79 Å². The first-order valence-electron chi connectivity index (χ1n) is 6.08. The molecule has 92 valence electrons. The Bertz CT molecular complexity index is 599. The van der Waals surface area contributed by atoms with E-state index in [0.29, 0.717) is 6.54 Å². The summed E-state index contributed by atoms with van der Waals surface area (Å²) in [6, 6.07) is 12.6. The highest BCUT2D eigenvalue weighted by Gasteiger charge is 1.99. The van der Waals surface area contributed by atoms with Crippen molar-refractivity contribution >= 4 is 22.8 Å². The highest BCUT2D eigenvalue weighted by Crippen LogP contribution is 2.23. The minimum atomic E-state index is -0.00610. The Morgan fingerprint density at radius 3 is 2.61 bits per heavy atom. The first kappa shape index (κ1) is 12.4. The Kier molecular flexibility index (Phi) is 3.78. The average Bonchev–Trinajstić information content (AvgIpc) is 2.37. The number of carbonyl (C=O) groups is 1. The Morgan fingerprint density at radius 2 is 1.89 bits per heavy atom. The van der Waals surface area contributed by atoms with Gasteiger partial charge in [-0.2, -0.15) is 0 Å². The molecule has 0 aromatic heterocycles. The molecule has 0 atom stereocenters. The Labute approximate surface area is 107 Å². The lowest BCUT2D eigenvalue weighted by atomic mass is 10.00. The van der Waals surface area contributed by atoms with Crippen molar-refractivity contribution in [2.45, 2.75) is 13.8 Å². The molecular weight excluding hydrogens is 222 g/mol. The monoisotopic (exact) mass is 239 g/mol. The van der Waals surface area contributed by atoms with Gasteiger partial charge in [0.05, 0.1) is 0 Å². The topological polar surface area (TPSA) is 29.1 Å². The number of nitrogens with one attached hydrogen (secondary N) is 1. The van der Waals surface area contributed by atoms with Crippen LogP contribution in [0.4, 0.5) is 0 Å². The molecule has 2 heteroatoms. The van der Waals surface area contributed by atoms with Crippen LogP contribution in [-0.2, 0) is 4.79 Å². The van der Waals surface area contributed by atoms with E-state index in [1.807, 2.05) is 12.1 Å². The third kappa shape index (κ3) is 2.77. The summed E-state index contributed by atoms with van der Waals surface area (Å²) >= 11 is 0. The van der Waals surface area contributed by atoms with E-state index in [-0.39, 0.29) is 5.91 Å². The summed E-state index contributed by atoms with van der Waals surface area (Å²) in [6.45, 7) is 4.21. The fourth-order valence-corrected chi connectivity index (χ4v) is 2.01. The SMILES string of the molecule is CC(=O)NCC=Cc1ccc(C)c2ccccc12. The summed E-state index contributed by atoms with van der Waals surface area (Å²) in [5.74, 6) is -0.00610. The van der Waals surface area contributed by atoms with Crippen molar-refractivity contribution in [2.24, 2.45) is 0 Å². The van der Waals surface area contributed by atoms with Crippen molar-refractivity contribution < 1.29 is 4.79 Å². The summed E-state index contributed by atoms with van der Waals surface area (Å²) in [7, 11) is 0. The Hall–Kier alpha value is -2.09. The van der Waals surface area contributed by atoms with Gasteiger partial charge in [-0.15, -0.1) is 0 Å². The minimum absolute atomic E-state index is 0.00610. The number of rotatable bonds is 3. The number of carbonyl (C=O) groups excluding carboxylic acids is 1. The van der Waals surface area contributed by atoms with E-state index in [4.69, 9.17) is 0 Å². The van der Waals surface area contributed by atoms with Crippen LogP contribution in [0.3, 0.4) is 0 Å². The summed E-state index contributed by atoms with van der Waals surface area (Å²) in [5, 5.41) is 5.27. The number of hydrogen-bond acceptors (Lipinski definition) is 1. The predicted molar refractivity (Wildman–Crippen MR) is 76.4 cm³/mol. The largest absolute Gasteiger partial charge is 0.353 e. The molecular formula is C16H17NO. The van der Waals surface area contributed by atoms with E-state index < -0.39 is 0 Å². The minimum Gasteiger partial charge on any atom is -0.353 e. The molecule has 0 saturated heterocycles. The molecule has 2 rings (SSSR count). The molecule has 18 heavy (non-hydrogen) atoms. The van der Waals surface area contributed by atoms with E-state index in [2.05, 4.69) is 48.6 Å². The molecule has 1 amide bonds. The summed E-state index contributed by atoms with van der Waals surface area (Å²) in [6.07, 6.45) is 4.02. The standard InChI is InChI=1S/C16H17NO/c1-12-9-10-14(6-5-11-17-13(2)18)16-8-4-3-7-15(12)16/h3-10H,11H2,1-2H3,(H,17,18). The maximum atomic E-state index is 10.8. The van der Waals surface area contributed by atoms with Crippen LogP contribution >= 0.6 is 0 Å². The third-order valence-electron chi connectivity index (χ3n) is 2.94. The number of hydrogen-bond donors (Lipinski definition) is 1. The molecule has 0 fully saturated rings. The van der Waals surface area contributed by atoms with Crippen LogP contribution in [0.5, 0.6) is 0 Å². The lowest BCUT2D eigenvalue weighted by molar-refractivity contribution is -0.118. The molecule has 0 aliphatic carbocycles. The van der Waals surface area contributed by atoms with Gasteiger partial charge in [0, 0.05) is 13.5 Å². The number of fused-ring (bicyclic) bond motifs is 1. The van der Waals surface area contributed by atoms with Crippen molar-refractivity contribution in [2.75, 3.05) is 6.54 Å². The first-order chi connectivity index (χ1) is 8.68. The smallest absolute Gasteiger partial charge is 0.217 e. The summed E-state index contributed by atoms with van der Waals surface area (Å²) in [5.41, 5.74) is 2.46. The second kappa shape index (κ2) is 5.50. The third-order valence-corrected chi connectivity index (χ3v) is 2.94. The highest BCUT2D eigenvalue weighted by atomic mass is 16.1. The number of amides is 1. The molecule has 0 aliphatic rings. The number of benzene rings is 2. The normalized spacial score (nSPS) is 11.0. The van der Waals surface area contributed by atoms with E-state index in [0.717, 1.165) is 0 Å². The molecule has 0 aliphatic heterocycles. The van der Waals surface area contributed by atoms with Gasteiger partial charge >= 0.3 is 0 Å². The second-order valence-electron chi connectivity index (χ2n) is 4.36. The van der Waals surface area contributed by atoms with Gasteiger partial charge in [0.1, 0.15) is 0 Å². The van der Waals surface area contributed by atoms with Gasteiger partial charge in [0.25, 0.3) is 0 Å². The van der Waals surface area contributed by atoms with Gasteiger partial charge in [-0.3, -0.25) is 4.79 Å². The van der Waals surface area contributed by atoms with Crippen LogP contribution < -0.4 is 5.32 Å². The summed E-state index contributed by atoms with van der Waals surface area (Å²) in [4.78, 5) is 10.8. The van der Waals surface area contributed by atoms with Crippen molar-refractivity contribution in [1.29, 1.82) is 0 Å². The van der Waals surface area contributed by atoms with Gasteiger partial charge in [0.2, 0.25) is 5.91 Å². The van der Waals surface area contributed by atoms with Gasteiger partial charge < -0.3 is 5.32 Å². The quantitative estimate of drug-likeness (QED) is 0.874. The zero-order valence-electron chi connectivity index (χ0n) is 10.7. The van der Waals surface area contributed by atoms with Crippen molar-refractivity contribution in [3.8, 4) is 0 Å². The van der Waals surface area contributed by atoms with Crippen LogP contribution in [0, 0.1) is 6.92 Å². The van der Waals surface area contributed by atoms with Crippen molar-refractivity contribution in [3.05, 3.63) is 53.6 Å². The molecule has 2 aromatic rings. The maximum Gasteiger partial charge on any atom is 0.217 e. The molecule has 0 unspecified atom stereocenters. The van der Waals surface area contributed by atoms with E-state index in [1.54, 1.807) is 0 Å². The van der Waals surface area contributed by atoms with Crippen LogP contribution in [0.25, 0.3) is 16.8 Å². The Balaban J connectivity index is 2.29. The molecule has 0 spiro atoms. The molecule has 0 radical (unpaired) electrons. The van der Waals surface area contributed by atoms with Crippen LogP contribution in [-0.4, -0.2) is 12.5 Å². The number of aryl methyl sites for hydroxylation is 1. The van der Waals surface area contributed by atoms with Crippen LogP contribution in [0.15, 0.2) is 42.5 Å². The molecule has 2 nitrogen and oxygen atoms in total. The van der Waals surface area contributed by atoms with Crippen LogP contribution in [0.2, 0.25) is 0 Å². The lowest BCUT2D eigenvalue weighted by Gasteiger charge is -2.05.